The van der Waals surface area contributed by atoms with Gasteiger partial charge in [0.2, 0.25) is 0 Å². The van der Waals surface area contributed by atoms with Crippen molar-refractivity contribution >= 4 is 5.97 Å². The van der Waals surface area contributed by atoms with Gasteiger partial charge in [-0.1, -0.05) is 0 Å². The lowest BCUT2D eigenvalue weighted by molar-refractivity contribution is -0.365. The van der Waals surface area contributed by atoms with Crippen molar-refractivity contribution in [3.8, 4) is 5.75 Å². The van der Waals surface area contributed by atoms with Crippen LogP contribution in [0, 0.1) is 6.92 Å². The predicted octanol–water partition coefficient (Wildman–Crippen LogP) is -3.52. The topological polar surface area (TPSA) is 238 Å². The molecule has 15 nitrogen and oxygen atoms in total. The van der Waals surface area contributed by atoms with Crippen LogP contribution in [0.25, 0.3) is 0 Å². The van der Waals surface area contributed by atoms with Crippen molar-refractivity contribution in [3.05, 3.63) is 23.0 Å². The maximum absolute atomic E-state index is 11.4. The summed E-state index contributed by atoms with van der Waals surface area (Å²) in [5.74, 6) is -1.77. The molecule has 2 saturated heterocycles. The second-order valence-corrected chi connectivity index (χ2v) is 8.48. The number of aromatic hydroxyl groups is 1. The molecule has 0 amide bonds. The lowest BCUT2D eigenvalue weighted by Crippen LogP contribution is -2.65. The Kier molecular flexibility index (Phi) is 9.53. The number of carbonyl (C=O) groups is 1. The fraction of sp³-hybridized carbons (Fsp3) is 0.714. The largest absolute Gasteiger partial charge is 0.506 e. The van der Waals surface area contributed by atoms with Crippen LogP contribution in [-0.4, -0.2) is 127 Å². The molecule has 1 aromatic rings. The molecule has 0 saturated carbocycles. The molecule has 36 heavy (non-hydrogen) atoms. The normalized spacial score (nSPS) is 37.1. The van der Waals surface area contributed by atoms with Crippen LogP contribution in [0.3, 0.4) is 0 Å². The average Bonchev–Trinajstić information content (AvgIpc) is 2.85. The molecule has 0 aliphatic carbocycles. The highest BCUT2D eigenvalue weighted by atomic mass is 16.8. The van der Waals surface area contributed by atoms with E-state index in [0.29, 0.717) is 16.8 Å². The van der Waals surface area contributed by atoms with E-state index in [2.05, 4.69) is 4.98 Å². The summed E-state index contributed by atoms with van der Waals surface area (Å²) in [6.07, 6.45) is -16.2. The molecule has 8 N–H and O–H groups in total. The molecular formula is C21H31NO14. The van der Waals surface area contributed by atoms with Crippen LogP contribution in [0.5, 0.6) is 5.75 Å². The van der Waals surface area contributed by atoms with E-state index in [4.69, 9.17) is 23.7 Å². The van der Waals surface area contributed by atoms with E-state index >= 15 is 0 Å². The number of aliphatic hydroxyl groups excluding tert-OH is 6. The Morgan fingerprint density at radius 3 is 2.31 bits per heavy atom. The summed E-state index contributed by atoms with van der Waals surface area (Å²) >= 11 is 0. The van der Waals surface area contributed by atoms with Crippen molar-refractivity contribution in [3.63, 3.8) is 0 Å². The molecule has 204 valence electrons. The van der Waals surface area contributed by atoms with Gasteiger partial charge in [-0.3, -0.25) is 4.98 Å². The third-order valence-electron chi connectivity index (χ3n) is 6.05. The molecule has 10 unspecified atom stereocenters. The highest BCUT2D eigenvalue weighted by molar-refractivity contribution is 5.73. The first kappa shape index (κ1) is 28.5. The standard InChI is InChI=1S/C21H31NO14/c1-7-11(24)9(6-32-2)8(3-22-7)5-33-21-18(14(27)12(25)10(4-23)34-21)36-20-16(29)13(26)15(28)17(35-20)19(30)31/h3,10,12-18,20-21,23-29H,4-6H2,1-2H3,(H,30,31). The van der Waals surface area contributed by atoms with Gasteiger partial charge >= 0.3 is 5.97 Å². The van der Waals surface area contributed by atoms with Crippen molar-refractivity contribution in [2.24, 2.45) is 0 Å². The molecule has 1 aromatic heterocycles. The fourth-order valence-corrected chi connectivity index (χ4v) is 3.94. The molecule has 0 aromatic carbocycles. The Labute approximate surface area is 205 Å². The summed E-state index contributed by atoms with van der Waals surface area (Å²) in [6.45, 7) is 0.611. The van der Waals surface area contributed by atoms with E-state index in [1.165, 1.54) is 13.3 Å². The Bertz CT molecular complexity index is 902. The molecular weight excluding hydrogens is 490 g/mol. The van der Waals surface area contributed by atoms with Gasteiger partial charge in [0, 0.05) is 24.4 Å². The molecule has 2 fully saturated rings. The van der Waals surface area contributed by atoms with Crippen LogP contribution in [-0.2, 0) is 41.7 Å². The number of aliphatic carboxylic acids is 1. The van der Waals surface area contributed by atoms with Crippen molar-refractivity contribution < 1.29 is 69.3 Å². The molecule has 2 aliphatic heterocycles. The van der Waals surface area contributed by atoms with E-state index in [1.807, 2.05) is 0 Å². The van der Waals surface area contributed by atoms with Crippen LogP contribution in [0.2, 0.25) is 0 Å². The van der Waals surface area contributed by atoms with Gasteiger partial charge in [-0.2, -0.15) is 0 Å². The predicted molar refractivity (Wildman–Crippen MR) is 113 cm³/mol. The lowest BCUT2D eigenvalue weighted by Gasteiger charge is -2.45. The number of hydrogen-bond acceptors (Lipinski definition) is 14. The van der Waals surface area contributed by atoms with E-state index < -0.39 is 74.0 Å². The zero-order valence-electron chi connectivity index (χ0n) is 19.4. The van der Waals surface area contributed by atoms with Crippen LogP contribution in [0.1, 0.15) is 16.8 Å². The van der Waals surface area contributed by atoms with Gasteiger partial charge in [0.15, 0.2) is 18.7 Å². The van der Waals surface area contributed by atoms with Gasteiger partial charge in [-0.05, 0) is 6.92 Å². The van der Waals surface area contributed by atoms with Crippen LogP contribution in [0.15, 0.2) is 6.20 Å². The van der Waals surface area contributed by atoms with Crippen LogP contribution < -0.4 is 0 Å². The Morgan fingerprint density at radius 2 is 1.69 bits per heavy atom. The van der Waals surface area contributed by atoms with Crippen LogP contribution >= 0.6 is 0 Å². The van der Waals surface area contributed by atoms with E-state index in [-0.39, 0.29) is 19.0 Å². The summed E-state index contributed by atoms with van der Waals surface area (Å²) in [7, 11) is 1.42. The second kappa shape index (κ2) is 12.0. The Balaban J connectivity index is 1.84. The molecule has 2 aliphatic rings. The number of nitrogens with zero attached hydrogens (tertiary/aromatic N) is 1. The smallest absolute Gasteiger partial charge is 0.335 e. The number of rotatable bonds is 9. The SMILES string of the molecule is COCc1c(COC2OC(CO)C(O)C(O)C2OC2OC(C(=O)O)C(O)C(O)C2O)cnc(C)c1O. The lowest BCUT2D eigenvalue weighted by atomic mass is 9.97. The van der Waals surface area contributed by atoms with Gasteiger partial charge in [0.25, 0.3) is 0 Å². The van der Waals surface area contributed by atoms with Crippen molar-refractivity contribution in [2.45, 2.75) is 81.5 Å². The number of aryl methyl sites for hydroxylation is 1. The first-order valence-electron chi connectivity index (χ1n) is 11.0. The maximum atomic E-state index is 11.4. The summed E-state index contributed by atoms with van der Waals surface area (Å²) < 4.78 is 26.9. The zero-order valence-corrected chi connectivity index (χ0v) is 19.4. The van der Waals surface area contributed by atoms with Gasteiger partial charge in [-0.15, -0.1) is 0 Å². The number of aliphatic hydroxyl groups is 6. The molecule has 0 spiro atoms. The number of carboxylic acid groups (broad SMARTS) is 1. The minimum atomic E-state index is -1.97. The Hall–Kier alpha value is -2.02. The number of hydrogen-bond donors (Lipinski definition) is 8. The number of pyridine rings is 1. The van der Waals surface area contributed by atoms with E-state index in [9.17, 15) is 45.6 Å². The quantitative estimate of drug-likeness (QED) is 0.157. The van der Waals surface area contributed by atoms with Crippen molar-refractivity contribution in [1.82, 2.24) is 4.98 Å². The first-order valence-corrected chi connectivity index (χ1v) is 11.0. The van der Waals surface area contributed by atoms with E-state index in [0.717, 1.165) is 0 Å². The zero-order chi connectivity index (χ0) is 26.7. The van der Waals surface area contributed by atoms with Crippen LogP contribution in [0.4, 0.5) is 0 Å². The summed E-state index contributed by atoms with van der Waals surface area (Å²) in [5.41, 5.74) is 1.09. The summed E-state index contributed by atoms with van der Waals surface area (Å²) in [6, 6.07) is 0. The minimum absolute atomic E-state index is 0.0127. The van der Waals surface area contributed by atoms with Gasteiger partial charge in [-0.25, -0.2) is 4.79 Å². The minimum Gasteiger partial charge on any atom is -0.506 e. The third kappa shape index (κ3) is 5.76. The first-order chi connectivity index (χ1) is 17.0. The van der Waals surface area contributed by atoms with Crippen molar-refractivity contribution in [1.29, 1.82) is 0 Å². The fourth-order valence-electron chi connectivity index (χ4n) is 3.94. The molecule has 10 atom stereocenters. The highest BCUT2D eigenvalue weighted by Crippen LogP contribution is 2.31. The highest BCUT2D eigenvalue weighted by Gasteiger charge is 2.52. The number of methoxy groups -OCH3 is 1. The molecule has 0 bridgehead atoms. The van der Waals surface area contributed by atoms with Gasteiger partial charge < -0.3 is 64.5 Å². The molecule has 3 heterocycles. The van der Waals surface area contributed by atoms with Crippen molar-refractivity contribution in [2.75, 3.05) is 13.7 Å². The molecule has 0 radical (unpaired) electrons. The number of ether oxygens (including phenoxy) is 5. The summed E-state index contributed by atoms with van der Waals surface area (Å²) in [4.78, 5) is 15.4. The molecule has 15 heteroatoms. The summed E-state index contributed by atoms with van der Waals surface area (Å²) in [5, 5.41) is 80.2. The van der Waals surface area contributed by atoms with Gasteiger partial charge in [0.1, 0.15) is 48.5 Å². The maximum Gasteiger partial charge on any atom is 0.335 e. The molecule has 3 rings (SSSR count). The Morgan fingerprint density at radius 1 is 1.00 bits per heavy atom. The number of aromatic nitrogens is 1. The third-order valence-corrected chi connectivity index (χ3v) is 6.05. The van der Waals surface area contributed by atoms with Gasteiger partial charge in [0.05, 0.1) is 25.5 Å². The number of carboxylic acids is 1. The average molecular weight is 521 g/mol. The second-order valence-electron chi connectivity index (χ2n) is 8.48. The monoisotopic (exact) mass is 521 g/mol. The van der Waals surface area contributed by atoms with E-state index in [1.54, 1.807) is 6.92 Å².